The molecular formula is C13H16ClF3N4. The second kappa shape index (κ2) is 6.09. The van der Waals surface area contributed by atoms with Crippen molar-refractivity contribution in [3.05, 3.63) is 24.2 Å². The zero-order valence-electron chi connectivity index (χ0n) is 11.7. The number of nitrogens with one attached hydrogen (secondary N) is 1. The van der Waals surface area contributed by atoms with Crippen LogP contribution in [-0.4, -0.2) is 26.5 Å². The maximum absolute atomic E-state index is 12.7. The lowest BCUT2D eigenvalue weighted by molar-refractivity contribution is -0.141. The van der Waals surface area contributed by atoms with Gasteiger partial charge in [0, 0.05) is 30.4 Å². The fraction of sp³-hybridized carbons (Fsp3) is 0.538. The molecule has 0 spiro atoms. The van der Waals surface area contributed by atoms with Crippen molar-refractivity contribution in [2.24, 2.45) is 5.92 Å². The zero-order chi connectivity index (χ0) is 15.6. The van der Waals surface area contributed by atoms with E-state index in [-0.39, 0.29) is 12.0 Å². The molecule has 0 aliphatic carbocycles. The van der Waals surface area contributed by atoms with Crippen molar-refractivity contribution in [1.82, 2.24) is 14.6 Å². The quantitative estimate of drug-likeness (QED) is 0.852. The molecule has 0 saturated carbocycles. The van der Waals surface area contributed by atoms with E-state index in [4.69, 9.17) is 11.6 Å². The van der Waals surface area contributed by atoms with Crippen LogP contribution in [0.4, 0.5) is 19.0 Å². The van der Waals surface area contributed by atoms with E-state index in [1.165, 1.54) is 16.9 Å². The standard InChI is InChI=1S/C13H16ClF3N4/c1-8(2)9(3-4-14)19-12-10-7-11(13(15,16)17)20-21(10)6-5-18-12/h5-9H,3-4H2,1-2H3,(H,18,19). The second-order valence-electron chi connectivity index (χ2n) is 5.11. The molecule has 1 atom stereocenters. The molecule has 0 aliphatic heterocycles. The Hall–Kier alpha value is -1.50. The van der Waals surface area contributed by atoms with E-state index in [1.54, 1.807) is 0 Å². The summed E-state index contributed by atoms with van der Waals surface area (Å²) in [6.45, 7) is 4.03. The predicted octanol–water partition coefficient (Wildman–Crippen LogP) is 3.81. The van der Waals surface area contributed by atoms with Crippen LogP contribution in [0, 0.1) is 5.92 Å². The lowest BCUT2D eigenvalue weighted by atomic mass is 10.0. The topological polar surface area (TPSA) is 42.2 Å². The Labute approximate surface area is 125 Å². The van der Waals surface area contributed by atoms with Gasteiger partial charge in [-0.25, -0.2) is 9.50 Å². The van der Waals surface area contributed by atoms with Gasteiger partial charge in [-0.3, -0.25) is 0 Å². The molecule has 1 unspecified atom stereocenters. The van der Waals surface area contributed by atoms with Crippen LogP contribution >= 0.6 is 11.6 Å². The number of fused-ring (bicyclic) bond motifs is 1. The molecule has 21 heavy (non-hydrogen) atoms. The summed E-state index contributed by atoms with van der Waals surface area (Å²) in [5, 5.41) is 6.69. The molecule has 0 radical (unpaired) electrons. The highest BCUT2D eigenvalue weighted by Crippen LogP contribution is 2.30. The molecule has 116 valence electrons. The van der Waals surface area contributed by atoms with Crippen molar-refractivity contribution in [3.8, 4) is 0 Å². The molecule has 0 aromatic carbocycles. The third-order valence-corrected chi connectivity index (χ3v) is 3.45. The van der Waals surface area contributed by atoms with Crippen LogP contribution in [-0.2, 0) is 6.18 Å². The van der Waals surface area contributed by atoms with Crippen molar-refractivity contribution in [2.75, 3.05) is 11.2 Å². The summed E-state index contributed by atoms with van der Waals surface area (Å²) >= 11 is 5.76. The zero-order valence-corrected chi connectivity index (χ0v) is 12.4. The first-order chi connectivity index (χ1) is 9.82. The van der Waals surface area contributed by atoms with E-state index in [9.17, 15) is 13.2 Å². The highest BCUT2D eigenvalue weighted by atomic mass is 35.5. The Morgan fingerprint density at radius 3 is 2.67 bits per heavy atom. The molecule has 0 saturated heterocycles. The number of rotatable bonds is 5. The number of alkyl halides is 4. The lowest BCUT2D eigenvalue weighted by Crippen LogP contribution is -2.26. The van der Waals surface area contributed by atoms with Crippen LogP contribution in [0.5, 0.6) is 0 Å². The number of hydrogen-bond acceptors (Lipinski definition) is 3. The van der Waals surface area contributed by atoms with Gasteiger partial charge in [-0.2, -0.15) is 18.3 Å². The van der Waals surface area contributed by atoms with Gasteiger partial charge in [0.05, 0.1) is 0 Å². The van der Waals surface area contributed by atoms with Gasteiger partial charge < -0.3 is 5.32 Å². The highest BCUT2D eigenvalue weighted by Gasteiger charge is 2.34. The molecule has 0 amide bonds. The Morgan fingerprint density at radius 1 is 1.38 bits per heavy atom. The Kier molecular flexibility index (Phi) is 4.61. The van der Waals surface area contributed by atoms with Crippen LogP contribution in [0.2, 0.25) is 0 Å². The SMILES string of the molecule is CC(C)C(CCCl)Nc1nccn2nc(C(F)(F)F)cc12. The molecule has 2 aromatic heterocycles. The molecule has 4 nitrogen and oxygen atoms in total. The van der Waals surface area contributed by atoms with Crippen molar-refractivity contribution in [1.29, 1.82) is 0 Å². The van der Waals surface area contributed by atoms with E-state index in [1.807, 2.05) is 13.8 Å². The Bertz CT molecular complexity index is 609. The summed E-state index contributed by atoms with van der Waals surface area (Å²) in [4.78, 5) is 4.12. The van der Waals surface area contributed by atoms with Gasteiger partial charge in [0.2, 0.25) is 0 Å². The van der Waals surface area contributed by atoms with Crippen molar-refractivity contribution in [3.63, 3.8) is 0 Å². The Balaban J connectivity index is 2.37. The molecule has 0 aliphatic rings. The second-order valence-corrected chi connectivity index (χ2v) is 5.48. The number of aromatic nitrogens is 3. The Morgan fingerprint density at radius 2 is 2.10 bits per heavy atom. The molecule has 8 heteroatoms. The number of halogens is 4. The molecule has 1 N–H and O–H groups in total. The van der Waals surface area contributed by atoms with Crippen molar-refractivity contribution in [2.45, 2.75) is 32.5 Å². The molecule has 2 heterocycles. The van der Waals surface area contributed by atoms with Gasteiger partial charge in [0.15, 0.2) is 11.5 Å². The predicted molar refractivity (Wildman–Crippen MR) is 75.6 cm³/mol. The average molecular weight is 321 g/mol. The first-order valence-corrected chi connectivity index (χ1v) is 7.10. The fourth-order valence-electron chi connectivity index (χ4n) is 2.04. The largest absolute Gasteiger partial charge is 0.435 e. The minimum absolute atomic E-state index is 0.0328. The van der Waals surface area contributed by atoms with E-state index >= 15 is 0 Å². The van der Waals surface area contributed by atoms with Crippen molar-refractivity contribution < 1.29 is 13.2 Å². The van der Waals surface area contributed by atoms with Crippen LogP contribution in [0.3, 0.4) is 0 Å². The molecule has 0 bridgehead atoms. The fourth-order valence-corrected chi connectivity index (χ4v) is 2.27. The van der Waals surface area contributed by atoms with Crippen LogP contribution in [0.15, 0.2) is 18.5 Å². The first kappa shape index (κ1) is 15.9. The maximum atomic E-state index is 12.7. The smallest absolute Gasteiger partial charge is 0.365 e. The summed E-state index contributed by atoms with van der Waals surface area (Å²) in [6.07, 6.45) is -0.971. The average Bonchev–Trinajstić information content (AvgIpc) is 2.83. The summed E-state index contributed by atoms with van der Waals surface area (Å²) in [5.41, 5.74) is -0.637. The summed E-state index contributed by atoms with van der Waals surface area (Å²) in [6, 6.07) is 1.03. The highest BCUT2D eigenvalue weighted by molar-refractivity contribution is 6.17. The third kappa shape index (κ3) is 3.58. The van der Waals surface area contributed by atoms with Crippen molar-refractivity contribution >= 4 is 22.9 Å². The van der Waals surface area contributed by atoms with E-state index in [0.29, 0.717) is 23.6 Å². The number of nitrogens with zero attached hydrogens (tertiary/aromatic N) is 3. The minimum atomic E-state index is -4.48. The maximum Gasteiger partial charge on any atom is 0.435 e. The minimum Gasteiger partial charge on any atom is -0.365 e. The monoisotopic (exact) mass is 320 g/mol. The normalized spacial score (nSPS) is 13.9. The van der Waals surface area contributed by atoms with Crippen LogP contribution in [0.25, 0.3) is 5.52 Å². The van der Waals surface area contributed by atoms with Gasteiger partial charge >= 0.3 is 6.18 Å². The molecule has 2 aromatic rings. The van der Waals surface area contributed by atoms with Gasteiger partial charge in [0.25, 0.3) is 0 Å². The van der Waals surface area contributed by atoms with Crippen LogP contribution in [0.1, 0.15) is 26.0 Å². The third-order valence-electron chi connectivity index (χ3n) is 3.23. The lowest BCUT2D eigenvalue weighted by Gasteiger charge is -2.22. The van der Waals surface area contributed by atoms with Gasteiger partial charge in [-0.1, -0.05) is 13.8 Å². The van der Waals surface area contributed by atoms with Gasteiger partial charge in [-0.05, 0) is 12.3 Å². The summed E-state index contributed by atoms with van der Waals surface area (Å²) in [5.74, 6) is 1.12. The van der Waals surface area contributed by atoms with Crippen LogP contribution < -0.4 is 5.32 Å². The molecular weight excluding hydrogens is 305 g/mol. The van der Waals surface area contributed by atoms with E-state index in [0.717, 1.165) is 6.07 Å². The molecule has 0 fully saturated rings. The van der Waals surface area contributed by atoms with E-state index < -0.39 is 11.9 Å². The van der Waals surface area contributed by atoms with E-state index in [2.05, 4.69) is 15.4 Å². The van der Waals surface area contributed by atoms with Gasteiger partial charge in [-0.15, -0.1) is 11.6 Å². The number of hydrogen-bond donors (Lipinski definition) is 1. The number of anilines is 1. The summed E-state index contributed by atoms with van der Waals surface area (Å²) in [7, 11) is 0. The van der Waals surface area contributed by atoms with Gasteiger partial charge in [0.1, 0.15) is 5.52 Å². The first-order valence-electron chi connectivity index (χ1n) is 6.57. The molecule has 2 rings (SSSR count). The summed E-state index contributed by atoms with van der Waals surface area (Å²) < 4.78 is 39.4.